The number of hydrogen-bond acceptors (Lipinski definition) is 1. The summed E-state index contributed by atoms with van der Waals surface area (Å²) in [7, 11) is 0. The Morgan fingerprint density at radius 1 is 0.500 bits per heavy atom. The second kappa shape index (κ2) is 7.41. The Morgan fingerprint density at radius 3 is 1.67 bits per heavy atom. The van der Waals surface area contributed by atoms with Gasteiger partial charge in [0.1, 0.15) is 11.2 Å². The van der Waals surface area contributed by atoms with Gasteiger partial charge in [-0.05, 0) is 51.4 Å². The van der Waals surface area contributed by atoms with E-state index in [1.165, 1.54) is 44.2 Å². The standard InChI is InChI=1S/C32H19Br3O/c33-23-16-14-20-26-21(15-17-24(34)27(23)26)29-28(20)31(18-8-3-1-4-9-18)22-12-7-13-25(35)30(22)32(29,36-31)19-10-5-2-6-11-19/h1-17,28-29H. The molecule has 0 N–H and O–H groups in total. The van der Waals surface area contributed by atoms with E-state index < -0.39 is 11.2 Å². The van der Waals surface area contributed by atoms with Gasteiger partial charge in [0.2, 0.25) is 0 Å². The fourth-order valence-electron chi connectivity index (χ4n) is 7.42. The molecule has 1 fully saturated rings. The summed E-state index contributed by atoms with van der Waals surface area (Å²) in [5.41, 5.74) is 6.42. The molecule has 0 saturated carbocycles. The predicted octanol–water partition coefficient (Wildman–Crippen LogP) is 9.54. The van der Waals surface area contributed by atoms with Crippen LogP contribution in [0, 0.1) is 0 Å². The van der Waals surface area contributed by atoms with Crippen molar-refractivity contribution in [3.8, 4) is 0 Å². The van der Waals surface area contributed by atoms with Crippen LogP contribution in [0.25, 0.3) is 10.8 Å². The third-order valence-corrected chi connectivity index (χ3v) is 10.5. The first-order valence-electron chi connectivity index (χ1n) is 12.1. The summed E-state index contributed by atoms with van der Waals surface area (Å²) in [6, 6.07) is 37.3. The maximum atomic E-state index is 7.63. The lowest BCUT2D eigenvalue weighted by atomic mass is 9.60. The zero-order chi connectivity index (χ0) is 24.2. The molecule has 4 heteroatoms. The van der Waals surface area contributed by atoms with Crippen molar-refractivity contribution in [2.24, 2.45) is 0 Å². The van der Waals surface area contributed by atoms with Crippen molar-refractivity contribution in [1.29, 1.82) is 0 Å². The fourth-order valence-corrected chi connectivity index (χ4v) is 9.44. The van der Waals surface area contributed by atoms with Crippen LogP contribution < -0.4 is 0 Å². The molecule has 0 radical (unpaired) electrons. The van der Waals surface area contributed by atoms with E-state index in [0.717, 1.165) is 13.4 Å². The van der Waals surface area contributed by atoms with E-state index in [9.17, 15) is 0 Å². The highest BCUT2D eigenvalue weighted by Gasteiger charge is 2.73. The summed E-state index contributed by atoms with van der Waals surface area (Å²) >= 11 is 11.7. The Kier molecular flexibility index (Phi) is 4.49. The molecule has 0 amide bonds. The second-order valence-electron chi connectivity index (χ2n) is 9.95. The molecule has 2 heterocycles. The lowest BCUT2D eigenvalue weighted by Gasteiger charge is -2.39. The lowest BCUT2D eigenvalue weighted by Crippen LogP contribution is -2.35. The van der Waals surface area contributed by atoms with Crippen LogP contribution >= 0.6 is 47.8 Å². The van der Waals surface area contributed by atoms with Gasteiger partial charge in [-0.25, -0.2) is 0 Å². The molecule has 1 nitrogen and oxygen atoms in total. The van der Waals surface area contributed by atoms with Gasteiger partial charge < -0.3 is 4.74 Å². The second-order valence-corrected chi connectivity index (χ2v) is 12.5. The van der Waals surface area contributed by atoms with E-state index in [0.29, 0.717) is 0 Å². The molecule has 8 rings (SSSR count). The van der Waals surface area contributed by atoms with E-state index in [1.807, 2.05) is 0 Å². The van der Waals surface area contributed by atoms with E-state index in [-0.39, 0.29) is 11.8 Å². The third kappa shape index (κ3) is 2.41. The minimum Gasteiger partial charge on any atom is -0.348 e. The van der Waals surface area contributed by atoms with Crippen molar-refractivity contribution < 1.29 is 4.74 Å². The van der Waals surface area contributed by atoms with Crippen molar-refractivity contribution in [2.75, 3.05) is 0 Å². The van der Waals surface area contributed by atoms with E-state index in [4.69, 9.17) is 4.74 Å². The predicted molar refractivity (Wildman–Crippen MR) is 155 cm³/mol. The van der Waals surface area contributed by atoms with Gasteiger partial charge in [0.25, 0.3) is 0 Å². The zero-order valence-corrected chi connectivity index (χ0v) is 23.8. The summed E-state index contributed by atoms with van der Waals surface area (Å²) in [6.45, 7) is 0. The quantitative estimate of drug-likeness (QED) is 0.184. The minimum atomic E-state index is -0.622. The Labute approximate surface area is 234 Å². The fraction of sp³-hybridized carbons (Fsp3) is 0.125. The van der Waals surface area contributed by atoms with Gasteiger partial charge >= 0.3 is 0 Å². The Hall–Kier alpha value is -2.24. The van der Waals surface area contributed by atoms with Crippen LogP contribution in [0.5, 0.6) is 0 Å². The highest BCUT2D eigenvalue weighted by molar-refractivity contribution is 9.11. The molecule has 5 aromatic carbocycles. The van der Waals surface area contributed by atoms with E-state index in [2.05, 4.69) is 151 Å². The Bertz CT molecular complexity index is 1710. The molecular formula is C32H19Br3O. The van der Waals surface area contributed by atoms with Gasteiger partial charge in [0.15, 0.2) is 0 Å². The van der Waals surface area contributed by atoms with Crippen LogP contribution in [-0.2, 0) is 15.9 Å². The van der Waals surface area contributed by atoms with Gasteiger partial charge in [-0.3, -0.25) is 0 Å². The summed E-state index contributed by atoms with van der Waals surface area (Å²) in [5, 5.41) is 2.59. The van der Waals surface area contributed by atoms with Crippen LogP contribution in [0.15, 0.2) is 117 Å². The highest BCUT2D eigenvalue weighted by Crippen LogP contribution is 2.77. The largest absolute Gasteiger partial charge is 0.348 e. The summed E-state index contributed by atoms with van der Waals surface area (Å²) in [5.74, 6) is 0.271. The normalized spacial score (nSPS) is 26.9. The summed E-state index contributed by atoms with van der Waals surface area (Å²) in [4.78, 5) is 0. The van der Waals surface area contributed by atoms with Crippen molar-refractivity contribution in [3.05, 3.63) is 150 Å². The Balaban J connectivity index is 1.59. The molecule has 2 aliphatic heterocycles. The number of ether oxygens (including phenoxy) is 1. The first-order valence-corrected chi connectivity index (χ1v) is 14.5. The number of fused-ring (bicyclic) bond motifs is 10. The number of hydrogen-bond donors (Lipinski definition) is 0. The molecule has 0 spiro atoms. The van der Waals surface area contributed by atoms with Gasteiger partial charge in [-0.1, -0.05) is 133 Å². The molecule has 5 aromatic rings. The molecule has 1 saturated heterocycles. The van der Waals surface area contributed by atoms with Crippen LogP contribution in [0.1, 0.15) is 45.2 Å². The van der Waals surface area contributed by atoms with Crippen molar-refractivity contribution in [3.63, 3.8) is 0 Å². The lowest BCUT2D eigenvalue weighted by molar-refractivity contribution is -0.0482. The molecule has 36 heavy (non-hydrogen) atoms. The van der Waals surface area contributed by atoms with Crippen LogP contribution in [-0.4, -0.2) is 0 Å². The molecule has 174 valence electrons. The van der Waals surface area contributed by atoms with Gasteiger partial charge in [-0.15, -0.1) is 0 Å². The zero-order valence-electron chi connectivity index (χ0n) is 19.0. The molecule has 4 atom stereocenters. The summed E-state index contributed by atoms with van der Waals surface area (Å²) in [6.07, 6.45) is 0. The minimum absolute atomic E-state index is 0.131. The topological polar surface area (TPSA) is 9.23 Å². The SMILES string of the molecule is Brc1cccc2c1C1(c3ccccc3)OC2(c2ccccc2)C2c3ccc(Br)c4c(Br)ccc(c34)C21. The average Bonchev–Trinajstić information content (AvgIpc) is 3.53. The first-order chi connectivity index (χ1) is 17.6. The van der Waals surface area contributed by atoms with Gasteiger partial charge in [0, 0.05) is 36.2 Å². The highest BCUT2D eigenvalue weighted by atomic mass is 79.9. The monoisotopic (exact) mass is 656 g/mol. The number of halogens is 3. The van der Waals surface area contributed by atoms with Gasteiger partial charge in [0.05, 0.1) is 0 Å². The molecule has 1 aliphatic carbocycles. The molecular weight excluding hydrogens is 640 g/mol. The van der Waals surface area contributed by atoms with Crippen molar-refractivity contribution in [2.45, 2.75) is 23.0 Å². The average molecular weight is 659 g/mol. The molecule has 2 bridgehead atoms. The number of rotatable bonds is 2. The Morgan fingerprint density at radius 2 is 1.06 bits per heavy atom. The first kappa shape index (κ1) is 21.8. The van der Waals surface area contributed by atoms with Crippen LogP contribution in [0.2, 0.25) is 0 Å². The van der Waals surface area contributed by atoms with Gasteiger partial charge in [-0.2, -0.15) is 0 Å². The smallest absolute Gasteiger partial charge is 0.129 e. The molecule has 3 aliphatic rings. The number of benzene rings is 5. The van der Waals surface area contributed by atoms with Crippen molar-refractivity contribution >= 4 is 58.6 Å². The maximum absolute atomic E-state index is 7.63. The van der Waals surface area contributed by atoms with Crippen molar-refractivity contribution in [1.82, 2.24) is 0 Å². The van der Waals surface area contributed by atoms with E-state index >= 15 is 0 Å². The van der Waals surface area contributed by atoms with E-state index in [1.54, 1.807) is 0 Å². The molecule has 4 unspecified atom stereocenters. The third-order valence-electron chi connectivity index (χ3n) is 8.52. The maximum Gasteiger partial charge on any atom is 0.129 e. The van der Waals surface area contributed by atoms with Crippen LogP contribution in [0.3, 0.4) is 0 Å². The van der Waals surface area contributed by atoms with Crippen LogP contribution in [0.4, 0.5) is 0 Å². The summed E-state index contributed by atoms with van der Waals surface area (Å²) < 4.78 is 11.0. The molecule has 0 aromatic heterocycles.